The molecule has 0 aliphatic rings. The number of pyridine rings is 1. The molecular weight excluding hydrogens is 222 g/mol. The van der Waals surface area contributed by atoms with E-state index in [0.717, 1.165) is 17.2 Å². The fraction of sp³-hybridized carbons (Fsp3) is 0.154. The summed E-state index contributed by atoms with van der Waals surface area (Å²) in [6.07, 6.45) is 2.11. The van der Waals surface area contributed by atoms with Gasteiger partial charge in [0.25, 0.3) is 0 Å². The number of aryl methyl sites for hydroxylation is 1. The number of hydrogen-bond acceptors (Lipinski definition) is 2. The van der Waals surface area contributed by atoms with Crippen molar-refractivity contribution in [3.05, 3.63) is 58.8 Å². The molecule has 1 heterocycles. The third-order valence-electron chi connectivity index (χ3n) is 2.52. The second-order valence-electron chi connectivity index (χ2n) is 3.98. The van der Waals surface area contributed by atoms with Gasteiger partial charge in [-0.3, -0.25) is 0 Å². The van der Waals surface area contributed by atoms with E-state index in [1.165, 1.54) is 6.07 Å². The molecule has 0 atom stereocenters. The van der Waals surface area contributed by atoms with Crippen LogP contribution in [-0.4, -0.2) is 4.98 Å². The van der Waals surface area contributed by atoms with E-state index in [-0.39, 0.29) is 0 Å². The van der Waals surface area contributed by atoms with Gasteiger partial charge < -0.3 is 5.73 Å². The maximum absolute atomic E-state index is 13.0. The van der Waals surface area contributed by atoms with Crippen molar-refractivity contribution in [2.45, 2.75) is 13.3 Å². The zero-order valence-electron chi connectivity index (χ0n) is 9.37. The fourth-order valence-corrected chi connectivity index (χ4v) is 1.65. The van der Waals surface area contributed by atoms with Gasteiger partial charge in [-0.15, -0.1) is 0 Å². The molecule has 0 fully saturated rings. The van der Waals surface area contributed by atoms with Gasteiger partial charge in [0.05, 0.1) is 0 Å². The minimum absolute atomic E-state index is 0.417. The predicted octanol–water partition coefficient (Wildman–Crippen LogP) is 2.84. The van der Waals surface area contributed by atoms with E-state index in [9.17, 15) is 8.78 Å². The van der Waals surface area contributed by atoms with Crippen LogP contribution in [0.1, 0.15) is 16.7 Å². The molecule has 0 saturated heterocycles. The third kappa shape index (κ3) is 2.58. The minimum Gasteiger partial charge on any atom is -0.383 e. The molecule has 1 aromatic carbocycles. The van der Waals surface area contributed by atoms with Gasteiger partial charge in [-0.25, -0.2) is 13.8 Å². The van der Waals surface area contributed by atoms with Crippen LogP contribution in [-0.2, 0) is 6.42 Å². The second-order valence-corrected chi connectivity index (χ2v) is 3.98. The van der Waals surface area contributed by atoms with Gasteiger partial charge in [-0.1, -0.05) is 12.1 Å². The predicted molar refractivity (Wildman–Crippen MR) is 62.6 cm³/mol. The van der Waals surface area contributed by atoms with Crippen molar-refractivity contribution in [2.75, 3.05) is 5.73 Å². The first-order valence-corrected chi connectivity index (χ1v) is 5.21. The first kappa shape index (κ1) is 11.5. The summed E-state index contributed by atoms with van der Waals surface area (Å²) in [6, 6.07) is 5.73. The monoisotopic (exact) mass is 234 g/mol. The van der Waals surface area contributed by atoms with Crippen LogP contribution < -0.4 is 5.73 Å². The molecule has 2 aromatic rings. The number of aromatic nitrogens is 1. The average Bonchev–Trinajstić information content (AvgIpc) is 2.29. The minimum atomic E-state index is -0.846. The van der Waals surface area contributed by atoms with Crippen LogP contribution in [0.3, 0.4) is 0 Å². The first-order valence-electron chi connectivity index (χ1n) is 5.21. The molecule has 17 heavy (non-hydrogen) atoms. The molecule has 1 aromatic heterocycles. The Morgan fingerprint density at radius 2 is 1.94 bits per heavy atom. The number of benzene rings is 1. The molecule has 0 aliphatic heterocycles. The van der Waals surface area contributed by atoms with Crippen molar-refractivity contribution < 1.29 is 8.78 Å². The number of hydrogen-bond donors (Lipinski definition) is 1. The van der Waals surface area contributed by atoms with Gasteiger partial charge in [0.15, 0.2) is 11.6 Å². The van der Waals surface area contributed by atoms with E-state index in [1.807, 2.05) is 13.0 Å². The van der Waals surface area contributed by atoms with Crippen LogP contribution >= 0.6 is 0 Å². The van der Waals surface area contributed by atoms with E-state index in [1.54, 1.807) is 12.3 Å². The van der Waals surface area contributed by atoms with Crippen LogP contribution in [0.4, 0.5) is 14.6 Å². The summed E-state index contributed by atoms with van der Waals surface area (Å²) in [5.74, 6) is -1.27. The topological polar surface area (TPSA) is 38.9 Å². The molecule has 0 amide bonds. The summed E-state index contributed by atoms with van der Waals surface area (Å²) >= 11 is 0. The maximum atomic E-state index is 13.0. The van der Waals surface area contributed by atoms with Gasteiger partial charge in [0.2, 0.25) is 0 Å². The largest absolute Gasteiger partial charge is 0.383 e. The van der Waals surface area contributed by atoms with E-state index >= 15 is 0 Å². The molecule has 2 rings (SSSR count). The Kier molecular flexibility index (Phi) is 3.04. The average molecular weight is 234 g/mol. The van der Waals surface area contributed by atoms with Gasteiger partial charge in [-0.05, 0) is 35.7 Å². The van der Waals surface area contributed by atoms with E-state index in [4.69, 9.17) is 5.73 Å². The highest BCUT2D eigenvalue weighted by Gasteiger charge is 2.06. The molecule has 0 bridgehead atoms. The summed E-state index contributed by atoms with van der Waals surface area (Å²) in [5.41, 5.74) is 8.19. The van der Waals surface area contributed by atoms with E-state index in [0.29, 0.717) is 17.8 Å². The SMILES string of the molecule is Cc1cnc(N)c(Cc2ccc(F)c(F)c2)c1. The summed E-state index contributed by atoms with van der Waals surface area (Å²) in [4.78, 5) is 4.02. The Hall–Kier alpha value is -1.97. The molecule has 0 radical (unpaired) electrons. The smallest absolute Gasteiger partial charge is 0.159 e. The van der Waals surface area contributed by atoms with Gasteiger partial charge in [-0.2, -0.15) is 0 Å². The van der Waals surface area contributed by atoms with Gasteiger partial charge in [0, 0.05) is 12.6 Å². The van der Waals surface area contributed by atoms with Gasteiger partial charge >= 0.3 is 0 Å². The van der Waals surface area contributed by atoms with E-state index in [2.05, 4.69) is 4.98 Å². The molecule has 0 unspecified atom stereocenters. The van der Waals surface area contributed by atoms with Crippen molar-refractivity contribution in [3.63, 3.8) is 0 Å². The fourth-order valence-electron chi connectivity index (χ4n) is 1.65. The molecular formula is C13H12F2N2. The third-order valence-corrected chi connectivity index (χ3v) is 2.52. The lowest BCUT2D eigenvalue weighted by Gasteiger charge is -2.06. The molecule has 88 valence electrons. The van der Waals surface area contributed by atoms with Crippen LogP contribution in [0.15, 0.2) is 30.5 Å². The molecule has 0 spiro atoms. The Labute approximate surface area is 98.1 Å². The Balaban J connectivity index is 2.31. The van der Waals surface area contributed by atoms with Crippen LogP contribution in [0.5, 0.6) is 0 Å². The quantitative estimate of drug-likeness (QED) is 0.867. The summed E-state index contributed by atoms with van der Waals surface area (Å²) < 4.78 is 25.8. The summed E-state index contributed by atoms with van der Waals surface area (Å²) in [5, 5.41) is 0. The highest BCUT2D eigenvalue weighted by Crippen LogP contribution is 2.17. The Morgan fingerprint density at radius 1 is 1.18 bits per heavy atom. The molecule has 4 heteroatoms. The van der Waals surface area contributed by atoms with Crippen LogP contribution in [0.25, 0.3) is 0 Å². The normalized spacial score (nSPS) is 10.5. The zero-order valence-corrected chi connectivity index (χ0v) is 9.37. The lowest BCUT2D eigenvalue weighted by molar-refractivity contribution is 0.507. The first-order chi connectivity index (χ1) is 8.06. The molecule has 0 aliphatic carbocycles. The Morgan fingerprint density at radius 3 is 2.65 bits per heavy atom. The number of nitrogens with two attached hydrogens (primary N) is 1. The molecule has 2 N–H and O–H groups in total. The van der Waals surface area contributed by atoms with E-state index < -0.39 is 11.6 Å². The van der Waals surface area contributed by atoms with Crippen molar-refractivity contribution in [3.8, 4) is 0 Å². The highest BCUT2D eigenvalue weighted by atomic mass is 19.2. The lowest BCUT2D eigenvalue weighted by Crippen LogP contribution is -2.00. The number of nitrogens with zero attached hydrogens (tertiary/aromatic N) is 1. The van der Waals surface area contributed by atoms with Crippen molar-refractivity contribution in [1.29, 1.82) is 0 Å². The van der Waals surface area contributed by atoms with Crippen LogP contribution in [0, 0.1) is 18.6 Å². The van der Waals surface area contributed by atoms with Crippen molar-refractivity contribution in [1.82, 2.24) is 4.98 Å². The molecule has 2 nitrogen and oxygen atoms in total. The maximum Gasteiger partial charge on any atom is 0.159 e. The van der Waals surface area contributed by atoms with Crippen LogP contribution in [0.2, 0.25) is 0 Å². The summed E-state index contributed by atoms with van der Waals surface area (Å²) in [6.45, 7) is 1.90. The number of halogens is 2. The standard InChI is InChI=1S/C13H12F2N2/c1-8-4-10(13(16)17-7-8)5-9-2-3-11(14)12(15)6-9/h2-4,6-7H,5H2,1H3,(H2,16,17). The molecule has 0 saturated carbocycles. The van der Waals surface area contributed by atoms with Gasteiger partial charge in [0.1, 0.15) is 5.82 Å². The lowest BCUT2D eigenvalue weighted by atomic mass is 10.0. The Bertz CT molecular complexity index is 553. The van der Waals surface area contributed by atoms with Crippen molar-refractivity contribution >= 4 is 5.82 Å². The number of anilines is 1. The van der Waals surface area contributed by atoms with Crippen molar-refractivity contribution in [2.24, 2.45) is 0 Å². The summed E-state index contributed by atoms with van der Waals surface area (Å²) in [7, 11) is 0. The zero-order chi connectivity index (χ0) is 12.4. The highest BCUT2D eigenvalue weighted by molar-refractivity contribution is 5.43. The number of rotatable bonds is 2. The second kappa shape index (κ2) is 4.49. The number of nitrogen functional groups attached to an aromatic ring is 1.